The van der Waals surface area contributed by atoms with Crippen LogP contribution < -0.4 is 11.1 Å². The Hall–Kier alpha value is -1.89. The monoisotopic (exact) mass is 265 g/mol. The van der Waals surface area contributed by atoms with Crippen LogP contribution >= 0.6 is 0 Å². The summed E-state index contributed by atoms with van der Waals surface area (Å²) in [6.07, 6.45) is 0.936. The number of hydrogen-bond acceptors (Lipinski definition) is 6. The average Bonchev–Trinajstić information content (AvgIpc) is 2.32. The molecule has 104 valence electrons. The van der Waals surface area contributed by atoms with Crippen molar-refractivity contribution in [2.45, 2.75) is 19.4 Å². The normalized spacial score (nSPS) is 24.1. The van der Waals surface area contributed by atoms with Gasteiger partial charge in [0, 0.05) is 18.7 Å². The van der Waals surface area contributed by atoms with Gasteiger partial charge in [0.2, 0.25) is 5.82 Å². The summed E-state index contributed by atoms with van der Waals surface area (Å²) in [6.45, 7) is 4.07. The van der Waals surface area contributed by atoms with E-state index >= 15 is 0 Å². The third kappa shape index (κ3) is 3.11. The quantitative estimate of drug-likeness (QED) is 0.632. The van der Waals surface area contributed by atoms with E-state index in [-0.39, 0.29) is 23.4 Å². The summed E-state index contributed by atoms with van der Waals surface area (Å²) in [7, 11) is 2.08. The number of likely N-dealkylation sites (tertiary alicyclic amines) is 1. The van der Waals surface area contributed by atoms with Gasteiger partial charge in [0.25, 0.3) is 0 Å². The van der Waals surface area contributed by atoms with Crippen LogP contribution in [0.1, 0.15) is 13.3 Å². The minimum Gasteiger partial charge on any atom is -0.384 e. The fourth-order valence-corrected chi connectivity index (χ4v) is 2.46. The smallest absolute Gasteiger partial charge is 0.311 e. The molecule has 0 aliphatic carbocycles. The first-order valence-corrected chi connectivity index (χ1v) is 6.33. The Labute approximate surface area is 112 Å². The van der Waals surface area contributed by atoms with Gasteiger partial charge >= 0.3 is 5.69 Å². The van der Waals surface area contributed by atoms with Crippen LogP contribution in [0.25, 0.3) is 0 Å². The van der Waals surface area contributed by atoms with Gasteiger partial charge in [0.1, 0.15) is 5.82 Å². The lowest BCUT2D eigenvalue weighted by atomic mass is 9.94. The van der Waals surface area contributed by atoms with E-state index in [4.69, 9.17) is 5.73 Å². The first-order valence-electron chi connectivity index (χ1n) is 6.33. The highest BCUT2D eigenvalue weighted by atomic mass is 16.6. The van der Waals surface area contributed by atoms with E-state index in [0.717, 1.165) is 19.5 Å². The molecular weight excluding hydrogens is 246 g/mol. The summed E-state index contributed by atoms with van der Waals surface area (Å²) in [6, 6.07) is 3.02. The maximum absolute atomic E-state index is 11.0. The van der Waals surface area contributed by atoms with Crippen molar-refractivity contribution >= 4 is 17.3 Å². The van der Waals surface area contributed by atoms with E-state index < -0.39 is 4.92 Å². The van der Waals surface area contributed by atoms with Gasteiger partial charge in [-0.25, -0.2) is 4.98 Å². The van der Waals surface area contributed by atoms with E-state index in [0.29, 0.717) is 5.92 Å². The predicted octanol–water partition coefficient (Wildman–Crippen LogP) is 1.32. The number of anilines is 2. The number of nitrogen functional groups attached to an aromatic ring is 1. The van der Waals surface area contributed by atoms with Crippen molar-refractivity contribution in [3.63, 3.8) is 0 Å². The molecule has 7 heteroatoms. The summed E-state index contributed by atoms with van der Waals surface area (Å²) in [5.41, 5.74) is 5.58. The molecule has 0 aromatic carbocycles. The summed E-state index contributed by atoms with van der Waals surface area (Å²) in [4.78, 5) is 16.9. The first kappa shape index (κ1) is 13.5. The number of hydrogen-bond donors (Lipinski definition) is 2. The first-order chi connectivity index (χ1) is 8.97. The largest absolute Gasteiger partial charge is 0.384 e. The molecule has 7 nitrogen and oxygen atoms in total. The van der Waals surface area contributed by atoms with Crippen molar-refractivity contribution in [2.75, 3.05) is 31.2 Å². The molecule has 3 N–H and O–H groups in total. The maximum atomic E-state index is 11.0. The minimum atomic E-state index is -0.436. The lowest BCUT2D eigenvalue weighted by molar-refractivity contribution is -0.384. The van der Waals surface area contributed by atoms with E-state index in [1.165, 1.54) is 12.1 Å². The Morgan fingerprint density at radius 2 is 2.32 bits per heavy atom. The molecule has 1 aromatic heterocycles. The standard InChI is InChI=1S/C12H19N5O2/c1-8-7-16(2)6-5-9(8)14-12-10(17(18)19)3-4-11(13)15-12/h3-4,8-9H,5-7H2,1-2H3,(H3,13,14,15). The van der Waals surface area contributed by atoms with Crippen molar-refractivity contribution in [3.05, 3.63) is 22.2 Å². The van der Waals surface area contributed by atoms with Gasteiger partial charge in [0.15, 0.2) is 0 Å². The van der Waals surface area contributed by atoms with Crippen molar-refractivity contribution in [1.29, 1.82) is 0 Å². The molecule has 0 bridgehead atoms. The van der Waals surface area contributed by atoms with Gasteiger partial charge in [-0.2, -0.15) is 0 Å². The Morgan fingerprint density at radius 1 is 1.58 bits per heavy atom. The number of nitrogens with two attached hydrogens (primary N) is 1. The topological polar surface area (TPSA) is 97.3 Å². The highest BCUT2D eigenvalue weighted by Crippen LogP contribution is 2.27. The van der Waals surface area contributed by atoms with Crippen LogP contribution in [0.4, 0.5) is 17.3 Å². The Bertz CT molecular complexity index is 479. The highest BCUT2D eigenvalue weighted by molar-refractivity contribution is 5.59. The van der Waals surface area contributed by atoms with Crippen LogP contribution in [0.5, 0.6) is 0 Å². The van der Waals surface area contributed by atoms with Crippen LogP contribution in [0.3, 0.4) is 0 Å². The predicted molar refractivity (Wildman–Crippen MR) is 74.0 cm³/mol. The summed E-state index contributed by atoms with van der Waals surface area (Å²) >= 11 is 0. The molecule has 2 rings (SSSR count). The lowest BCUT2D eigenvalue weighted by Crippen LogP contribution is -2.43. The molecule has 19 heavy (non-hydrogen) atoms. The number of piperidine rings is 1. The van der Waals surface area contributed by atoms with E-state index in [1.54, 1.807) is 0 Å². The van der Waals surface area contributed by atoms with Crippen LogP contribution in [0, 0.1) is 16.0 Å². The van der Waals surface area contributed by atoms with E-state index in [2.05, 4.69) is 29.2 Å². The SMILES string of the molecule is CC1CN(C)CCC1Nc1nc(N)ccc1[N+](=O)[O-]. The molecular formula is C12H19N5O2. The van der Waals surface area contributed by atoms with Gasteiger partial charge in [-0.1, -0.05) is 6.92 Å². The number of rotatable bonds is 3. The van der Waals surface area contributed by atoms with Crippen molar-refractivity contribution in [1.82, 2.24) is 9.88 Å². The van der Waals surface area contributed by atoms with Gasteiger partial charge in [-0.05, 0) is 32.0 Å². The highest BCUT2D eigenvalue weighted by Gasteiger charge is 2.27. The third-order valence-corrected chi connectivity index (χ3v) is 3.52. The molecule has 2 heterocycles. The van der Waals surface area contributed by atoms with Crippen LogP contribution in [0.15, 0.2) is 12.1 Å². The zero-order chi connectivity index (χ0) is 14.0. The Balaban J connectivity index is 2.18. The molecule has 2 atom stereocenters. The van der Waals surface area contributed by atoms with Crippen LogP contribution in [-0.2, 0) is 0 Å². The molecule has 0 saturated carbocycles. The van der Waals surface area contributed by atoms with Crippen molar-refractivity contribution in [3.8, 4) is 0 Å². The van der Waals surface area contributed by atoms with Gasteiger partial charge < -0.3 is 16.0 Å². The zero-order valence-corrected chi connectivity index (χ0v) is 11.2. The number of pyridine rings is 1. The number of nitro groups is 1. The van der Waals surface area contributed by atoms with Crippen LogP contribution in [-0.4, -0.2) is 41.0 Å². The van der Waals surface area contributed by atoms with Gasteiger partial charge in [-0.15, -0.1) is 0 Å². The molecule has 1 aliphatic rings. The fourth-order valence-electron chi connectivity index (χ4n) is 2.46. The second kappa shape index (κ2) is 5.40. The average molecular weight is 265 g/mol. The van der Waals surface area contributed by atoms with Gasteiger partial charge in [-0.3, -0.25) is 10.1 Å². The maximum Gasteiger partial charge on any atom is 0.311 e. The van der Waals surface area contributed by atoms with Crippen molar-refractivity contribution < 1.29 is 4.92 Å². The molecule has 1 aliphatic heterocycles. The Kier molecular flexibility index (Phi) is 3.84. The number of nitrogens with one attached hydrogen (secondary N) is 1. The molecule has 1 fully saturated rings. The van der Waals surface area contributed by atoms with Gasteiger partial charge in [0.05, 0.1) is 4.92 Å². The minimum absolute atomic E-state index is 0.0275. The summed E-state index contributed by atoms with van der Waals surface area (Å²) in [5, 5.41) is 14.2. The molecule has 2 unspecified atom stereocenters. The number of aromatic nitrogens is 1. The molecule has 1 aromatic rings. The molecule has 1 saturated heterocycles. The molecule has 0 amide bonds. The second-order valence-electron chi connectivity index (χ2n) is 5.14. The van der Waals surface area contributed by atoms with E-state index in [9.17, 15) is 10.1 Å². The van der Waals surface area contributed by atoms with E-state index in [1.807, 2.05) is 0 Å². The second-order valence-corrected chi connectivity index (χ2v) is 5.14. The zero-order valence-electron chi connectivity index (χ0n) is 11.2. The Morgan fingerprint density at radius 3 is 2.95 bits per heavy atom. The van der Waals surface area contributed by atoms with Crippen molar-refractivity contribution in [2.24, 2.45) is 5.92 Å². The lowest BCUT2D eigenvalue weighted by Gasteiger charge is -2.35. The third-order valence-electron chi connectivity index (χ3n) is 3.52. The molecule has 0 spiro atoms. The fraction of sp³-hybridized carbons (Fsp3) is 0.583. The summed E-state index contributed by atoms with van der Waals surface area (Å²) < 4.78 is 0. The number of nitrogens with zero attached hydrogens (tertiary/aromatic N) is 3. The molecule has 0 radical (unpaired) electrons. The van der Waals surface area contributed by atoms with Crippen LogP contribution in [0.2, 0.25) is 0 Å². The summed E-state index contributed by atoms with van der Waals surface area (Å²) in [5.74, 6) is 0.960.